The highest BCUT2D eigenvalue weighted by molar-refractivity contribution is 4.89. The van der Waals surface area contributed by atoms with Crippen molar-refractivity contribution in [2.75, 3.05) is 46.5 Å². The molecular formula is C13H26N2O2. The number of rotatable bonds is 4. The van der Waals surface area contributed by atoms with Crippen molar-refractivity contribution in [3.8, 4) is 0 Å². The van der Waals surface area contributed by atoms with Gasteiger partial charge in [-0.2, -0.15) is 0 Å². The van der Waals surface area contributed by atoms with Crippen molar-refractivity contribution < 1.29 is 9.47 Å². The summed E-state index contributed by atoms with van der Waals surface area (Å²) in [7, 11) is 1.82. The molecule has 4 nitrogen and oxygen atoms in total. The maximum absolute atomic E-state index is 5.71. The Kier molecular flexibility index (Phi) is 4.79. The molecule has 2 rings (SSSR count). The lowest BCUT2D eigenvalue weighted by Crippen LogP contribution is -2.46. The van der Waals surface area contributed by atoms with Gasteiger partial charge in [0.25, 0.3) is 0 Å². The van der Waals surface area contributed by atoms with Gasteiger partial charge in [0.05, 0.1) is 6.61 Å². The molecule has 2 fully saturated rings. The molecule has 2 aliphatic rings. The van der Waals surface area contributed by atoms with E-state index in [4.69, 9.17) is 9.47 Å². The lowest BCUT2D eigenvalue weighted by Gasteiger charge is -2.32. The van der Waals surface area contributed by atoms with Crippen LogP contribution in [-0.2, 0) is 9.47 Å². The van der Waals surface area contributed by atoms with Crippen molar-refractivity contribution in [2.24, 2.45) is 0 Å². The number of hydrogen-bond donors (Lipinski definition) is 1. The van der Waals surface area contributed by atoms with Gasteiger partial charge in [-0.05, 0) is 19.4 Å². The molecule has 0 spiro atoms. The van der Waals surface area contributed by atoms with Crippen LogP contribution in [-0.4, -0.2) is 63.0 Å². The first kappa shape index (κ1) is 13.3. The van der Waals surface area contributed by atoms with Gasteiger partial charge in [-0.15, -0.1) is 0 Å². The third kappa shape index (κ3) is 3.41. The zero-order chi connectivity index (χ0) is 12.1. The van der Waals surface area contributed by atoms with Crippen LogP contribution >= 0.6 is 0 Å². The fraction of sp³-hybridized carbons (Fsp3) is 1.00. The second kappa shape index (κ2) is 6.14. The second-order valence-corrected chi connectivity index (χ2v) is 5.31. The predicted molar refractivity (Wildman–Crippen MR) is 68.3 cm³/mol. The SMILES string of the molecule is CCC1CCN(CC2(OC)CCOC2)CCN1. The first-order valence-electron chi connectivity index (χ1n) is 6.86. The molecule has 0 aromatic carbocycles. The summed E-state index contributed by atoms with van der Waals surface area (Å²) in [6.45, 7) is 8.27. The van der Waals surface area contributed by atoms with Gasteiger partial charge >= 0.3 is 0 Å². The minimum absolute atomic E-state index is 0.0496. The van der Waals surface area contributed by atoms with Crippen LogP contribution in [0.15, 0.2) is 0 Å². The molecule has 0 radical (unpaired) electrons. The largest absolute Gasteiger partial charge is 0.378 e. The molecule has 2 heterocycles. The Morgan fingerprint density at radius 2 is 2.35 bits per heavy atom. The van der Waals surface area contributed by atoms with Gasteiger partial charge in [-0.25, -0.2) is 0 Å². The van der Waals surface area contributed by atoms with E-state index in [9.17, 15) is 0 Å². The van der Waals surface area contributed by atoms with Gasteiger partial charge in [0, 0.05) is 45.8 Å². The standard InChI is InChI=1S/C13H26N2O2/c1-3-12-4-7-15(8-6-14-12)10-13(16-2)5-9-17-11-13/h12,14H,3-11H2,1-2H3. The zero-order valence-corrected chi connectivity index (χ0v) is 11.2. The molecule has 2 unspecified atom stereocenters. The number of methoxy groups -OCH3 is 1. The summed E-state index contributed by atoms with van der Waals surface area (Å²) in [5.41, 5.74) is -0.0496. The van der Waals surface area contributed by atoms with E-state index >= 15 is 0 Å². The second-order valence-electron chi connectivity index (χ2n) is 5.31. The smallest absolute Gasteiger partial charge is 0.106 e. The van der Waals surface area contributed by atoms with E-state index in [2.05, 4.69) is 17.1 Å². The Morgan fingerprint density at radius 1 is 1.47 bits per heavy atom. The summed E-state index contributed by atoms with van der Waals surface area (Å²) in [6, 6.07) is 0.693. The van der Waals surface area contributed by atoms with Crippen molar-refractivity contribution >= 4 is 0 Å². The van der Waals surface area contributed by atoms with Gasteiger partial charge in [0.2, 0.25) is 0 Å². The highest BCUT2D eigenvalue weighted by Gasteiger charge is 2.36. The molecule has 0 bridgehead atoms. The first-order valence-corrected chi connectivity index (χ1v) is 6.86. The van der Waals surface area contributed by atoms with Crippen LogP contribution < -0.4 is 5.32 Å². The van der Waals surface area contributed by atoms with Crippen LogP contribution in [0, 0.1) is 0 Å². The molecule has 4 heteroatoms. The van der Waals surface area contributed by atoms with Crippen molar-refractivity contribution in [2.45, 2.75) is 37.8 Å². The van der Waals surface area contributed by atoms with Crippen LogP contribution in [0.25, 0.3) is 0 Å². The van der Waals surface area contributed by atoms with Crippen LogP contribution in [0.5, 0.6) is 0 Å². The third-order valence-electron chi connectivity index (χ3n) is 4.16. The summed E-state index contributed by atoms with van der Waals surface area (Å²) < 4.78 is 11.2. The number of nitrogens with zero attached hydrogens (tertiary/aromatic N) is 1. The van der Waals surface area contributed by atoms with Gasteiger partial charge in [0.15, 0.2) is 0 Å². The Hall–Kier alpha value is -0.160. The normalized spacial score (nSPS) is 36.0. The lowest BCUT2D eigenvalue weighted by molar-refractivity contribution is -0.0398. The molecular weight excluding hydrogens is 216 g/mol. The summed E-state index contributed by atoms with van der Waals surface area (Å²) in [5.74, 6) is 0. The van der Waals surface area contributed by atoms with Gasteiger partial charge in [-0.1, -0.05) is 6.92 Å². The number of ether oxygens (including phenoxy) is 2. The predicted octanol–water partition coefficient (Wildman–Crippen LogP) is 0.866. The van der Waals surface area contributed by atoms with E-state index in [1.54, 1.807) is 0 Å². The van der Waals surface area contributed by atoms with Crippen LogP contribution in [0.2, 0.25) is 0 Å². The Bertz CT molecular complexity index is 229. The average Bonchev–Trinajstić information content (AvgIpc) is 2.70. The molecule has 0 saturated carbocycles. The van der Waals surface area contributed by atoms with E-state index in [0.717, 1.165) is 39.3 Å². The minimum atomic E-state index is -0.0496. The van der Waals surface area contributed by atoms with Crippen molar-refractivity contribution in [3.05, 3.63) is 0 Å². The van der Waals surface area contributed by atoms with E-state index < -0.39 is 0 Å². The van der Waals surface area contributed by atoms with Crippen LogP contribution in [0.1, 0.15) is 26.2 Å². The Labute approximate surface area is 105 Å². The monoisotopic (exact) mass is 242 g/mol. The van der Waals surface area contributed by atoms with Crippen molar-refractivity contribution in [1.29, 1.82) is 0 Å². The quantitative estimate of drug-likeness (QED) is 0.793. The molecule has 0 aromatic heterocycles. The topological polar surface area (TPSA) is 33.7 Å². The average molecular weight is 242 g/mol. The minimum Gasteiger partial charge on any atom is -0.378 e. The van der Waals surface area contributed by atoms with E-state index in [1.165, 1.54) is 19.4 Å². The first-order chi connectivity index (χ1) is 8.28. The molecule has 17 heavy (non-hydrogen) atoms. The fourth-order valence-corrected chi connectivity index (χ4v) is 2.83. The number of hydrogen-bond acceptors (Lipinski definition) is 4. The number of nitrogens with one attached hydrogen (secondary N) is 1. The van der Waals surface area contributed by atoms with Gasteiger partial charge in [0.1, 0.15) is 5.60 Å². The molecule has 0 amide bonds. The molecule has 2 aliphatic heterocycles. The highest BCUT2D eigenvalue weighted by atomic mass is 16.5. The summed E-state index contributed by atoms with van der Waals surface area (Å²) >= 11 is 0. The molecule has 0 aromatic rings. The molecule has 2 atom stereocenters. The van der Waals surface area contributed by atoms with Crippen molar-refractivity contribution in [3.63, 3.8) is 0 Å². The van der Waals surface area contributed by atoms with Crippen molar-refractivity contribution in [1.82, 2.24) is 10.2 Å². The Balaban J connectivity index is 1.85. The van der Waals surface area contributed by atoms with Crippen LogP contribution in [0.3, 0.4) is 0 Å². The molecule has 2 saturated heterocycles. The summed E-state index contributed by atoms with van der Waals surface area (Å²) in [6.07, 6.45) is 3.51. The zero-order valence-electron chi connectivity index (χ0n) is 11.2. The van der Waals surface area contributed by atoms with Gasteiger partial charge in [-0.3, -0.25) is 4.90 Å². The van der Waals surface area contributed by atoms with E-state index in [0.29, 0.717) is 6.04 Å². The third-order valence-corrected chi connectivity index (χ3v) is 4.16. The van der Waals surface area contributed by atoms with Gasteiger partial charge < -0.3 is 14.8 Å². The highest BCUT2D eigenvalue weighted by Crippen LogP contribution is 2.24. The molecule has 100 valence electrons. The fourth-order valence-electron chi connectivity index (χ4n) is 2.83. The Morgan fingerprint density at radius 3 is 3.00 bits per heavy atom. The molecule has 1 N–H and O–H groups in total. The van der Waals surface area contributed by atoms with E-state index in [1.807, 2.05) is 7.11 Å². The maximum atomic E-state index is 5.71. The summed E-state index contributed by atoms with van der Waals surface area (Å²) in [4.78, 5) is 2.53. The maximum Gasteiger partial charge on any atom is 0.106 e. The lowest BCUT2D eigenvalue weighted by atomic mass is 10.0. The summed E-state index contributed by atoms with van der Waals surface area (Å²) in [5, 5.41) is 3.60. The van der Waals surface area contributed by atoms with E-state index in [-0.39, 0.29) is 5.60 Å². The van der Waals surface area contributed by atoms with Crippen LogP contribution in [0.4, 0.5) is 0 Å². The molecule has 0 aliphatic carbocycles.